The van der Waals surface area contributed by atoms with E-state index in [0.29, 0.717) is 5.75 Å². The third-order valence-corrected chi connectivity index (χ3v) is 4.11. The van der Waals surface area contributed by atoms with E-state index in [1.807, 2.05) is 17.0 Å². The number of nitrogens with zero attached hydrogens (tertiary/aromatic N) is 1. The van der Waals surface area contributed by atoms with Gasteiger partial charge in [-0.05, 0) is 39.2 Å². The summed E-state index contributed by atoms with van der Waals surface area (Å²) in [4.78, 5) is 14.1. The number of hydrogen-bond donors (Lipinski definition) is 0. The molecule has 1 aromatic carbocycles. The van der Waals surface area contributed by atoms with Gasteiger partial charge in [0.1, 0.15) is 5.60 Å². The van der Waals surface area contributed by atoms with Crippen molar-refractivity contribution in [2.24, 2.45) is 0 Å². The summed E-state index contributed by atoms with van der Waals surface area (Å²) in [5.41, 5.74) is 0.960. The van der Waals surface area contributed by atoms with E-state index in [-0.39, 0.29) is 18.1 Å². The number of likely N-dealkylation sites (tertiary alicyclic amines) is 1. The Morgan fingerprint density at radius 3 is 2.81 bits per heavy atom. The largest absolute Gasteiger partial charge is 0.483 e. The van der Waals surface area contributed by atoms with Crippen LogP contribution in [0.1, 0.15) is 38.7 Å². The molecule has 4 heteroatoms. The minimum Gasteiger partial charge on any atom is -0.483 e. The molecular formula is C17H23NO3. The van der Waals surface area contributed by atoms with Gasteiger partial charge in [0.25, 0.3) is 5.91 Å². The van der Waals surface area contributed by atoms with Crippen molar-refractivity contribution in [3.8, 4) is 11.5 Å². The number of hydrogen-bond acceptors (Lipinski definition) is 3. The van der Waals surface area contributed by atoms with Crippen LogP contribution < -0.4 is 9.47 Å². The molecule has 21 heavy (non-hydrogen) atoms. The van der Waals surface area contributed by atoms with Crippen LogP contribution in [0, 0.1) is 0 Å². The zero-order valence-electron chi connectivity index (χ0n) is 12.9. The zero-order valence-corrected chi connectivity index (χ0v) is 12.9. The number of benzene rings is 1. The maximum atomic E-state index is 12.2. The average molecular weight is 289 g/mol. The molecule has 2 aliphatic rings. The third kappa shape index (κ3) is 3.14. The zero-order chi connectivity index (χ0) is 14.9. The minimum atomic E-state index is -0.196. The first-order valence-electron chi connectivity index (χ1n) is 7.77. The Morgan fingerprint density at radius 1 is 1.29 bits per heavy atom. The van der Waals surface area contributed by atoms with Gasteiger partial charge in [-0.3, -0.25) is 4.79 Å². The predicted octanol–water partition coefficient (Wildman–Crippen LogP) is 2.79. The first kappa shape index (κ1) is 14.2. The molecule has 3 rings (SSSR count). The maximum absolute atomic E-state index is 12.2. The number of piperidine rings is 1. The second-order valence-corrected chi connectivity index (χ2v) is 6.51. The van der Waals surface area contributed by atoms with Crippen molar-refractivity contribution < 1.29 is 14.3 Å². The molecule has 0 radical (unpaired) electrons. The molecule has 1 saturated heterocycles. The molecule has 114 valence electrons. The van der Waals surface area contributed by atoms with Crippen molar-refractivity contribution >= 4 is 5.91 Å². The Balaban J connectivity index is 1.64. The smallest absolute Gasteiger partial charge is 0.260 e. The van der Waals surface area contributed by atoms with Gasteiger partial charge in [-0.25, -0.2) is 0 Å². The van der Waals surface area contributed by atoms with Gasteiger partial charge >= 0.3 is 0 Å². The fourth-order valence-corrected chi connectivity index (χ4v) is 3.08. The molecule has 2 aliphatic heterocycles. The number of carbonyl (C=O) groups is 1. The Labute approximate surface area is 126 Å². The van der Waals surface area contributed by atoms with Crippen LogP contribution in [0.4, 0.5) is 0 Å². The van der Waals surface area contributed by atoms with Gasteiger partial charge in [0.05, 0.1) is 0 Å². The van der Waals surface area contributed by atoms with E-state index in [2.05, 4.69) is 19.9 Å². The molecule has 0 N–H and O–H groups in total. The lowest BCUT2D eigenvalue weighted by Crippen LogP contribution is -2.38. The number of ether oxygens (including phenoxy) is 2. The Morgan fingerprint density at radius 2 is 2.05 bits per heavy atom. The van der Waals surface area contributed by atoms with Gasteiger partial charge in [-0.1, -0.05) is 12.1 Å². The molecule has 0 saturated carbocycles. The second-order valence-electron chi connectivity index (χ2n) is 6.51. The molecule has 0 aromatic heterocycles. The van der Waals surface area contributed by atoms with Gasteiger partial charge in [-0.15, -0.1) is 0 Å². The lowest BCUT2D eigenvalue weighted by molar-refractivity contribution is -0.134. The average Bonchev–Trinajstić information content (AvgIpc) is 2.80. The monoisotopic (exact) mass is 289 g/mol. The van der Waals surface area contributed by atoms with Gasteiger partial charge in [0.15, 0.2) is 18.1 Å². The Bertz CT molecular complexity index is 533. The minimum absolute atomic E-state index is 0.0737. The van der Waals surface area contributed by atoms with Gasteiger partial charge in [-0.2, -0.15) is 0 Å². The molecule has 2 heterocycles. The van der Waals surface area contributed by atoms with Crippen molar-refractivity contribution in [2.45, 2.75) is 45.1 Å². The summed E-state index contributed by atoms with van der Waals surface area (Å²) in [5, 5.41) is 0. The van der Waals surface area contributed by atoms with E-state index in [9.17, 15) is 4.79 Å². The highest BCUT2D eigenvalue weighted by Crippen LogP contribution is 2.41. The quantitative estimate of drug-likeness (QED) is 0.859. The number of para-hydroxylation sites is 1. The van der Waals surface area contributed by atoms with Crippen LogP contribution in [0.5, 0.6) is 11.5 Å². The summed E-state index contributed by atoms with van der Waals surface area (Å²) in [6, 6.07) is 5.90. The summed E-state index contributed by atoms with van der Waals surface area (Å²) < 4.78 is 11.7. The van der Waals surface area contributed by atoms with Gasteiger partial charge < -0.3 is 14.4 Å². The lowest BCUT2D eigenvalue weighted by atomic mass is 10.0. The molecule has 4 nitrogen and oxygen atoms in total. The van der Waals surface area contributed by atoms with E-state index < -0.39 is 0 Å². The summed E-state index contributed by atoms with van der Waals surface area (Å²) in [7, 11) is 0. The Kier molecular flexibility index (Phi) is 3.79. The molecule has 0 aliphatic carbocycles. The summed E-state index contributed by atoms with van der Waals surface area (Å²) in [6.07, 6.45) is 4.30. The molecule has 1 amide bonds. The fourth-order valence-electron chi connectivity index (χ4n) is 3.08. The van der Waals surface area contributed by atoms with Crippen LogP contribution in [-0.4, -0.2) is 36.1 Å². The highest BCUT2D eigenvalue weighted by molar-refractivity contribution is 5.78. The number of fused-ring (bicyclic) bond motifs is 1. The first-order chi connectivity index (χ1) is 10.1. The molecule has 0 spiro atoms. The predicted molar refractivity (Wildman–Crippen MR) is 80.8 cm³/mol. The fraction of sp³-hybridized carbons (Fsp3) is 0.588. The summed E-state index contributed by atoms with van der Waals surface area (Å²) >= 11 is 0. The van der Waals surface area contributed by atoms with Crippen LogP contribution in [0.3, 0.4) is 0 Å². The van der Waals surface area contributed by atoms with E-state index >= 15 is 0 Å². The SMILES string of the molecule is CC1(C)Cc2cccc(OCC(=O)N3CCCCC3)c2O1. The van der Waals surface area contributed by atoms with Crippen molar-refractivity contribution in [1.82, 2.24) is 4.90 Å². The van der Waals surface area contributed by atoms with Gasteiger partial charge in [0.2, 0.25) is 0 Å². The molecule has 0 bridgehead atoms. The maximum Gasteiger partial charge on any atom is 0.260 e. The Hall–Kier alpha value is -1.71. The standard InChI is InChI=1S/C17H23NO3/c1-17(2)11-13-7-6-8-14(16(13)21-17)20-12-15(19)18-9-4-3-5-10-18/h6-8H,3-5,9-12H2,1-2H3. The molecule has 0 unspecified atom stereocenters. The van der Waals surface area contributed by atoms with Crippen LogP contribution in [-0.2, 0) is 11.2 Å². The van der Waals surface area contributed by atoms with Crippen LogP contribution in [0.2, 0.25) is 0 Å². The number of rotatable bonds is 3. The van der Waals surface area contributed by atoms with E-state index in [1.165, 1.54) is 6.42 Å². The van der Waals surface area contributed by atoms with Gasteiger partial charge in [0, 0.05) is 25.1 Å². The van der Waals surface area contributed by atoms with Crippen molar-refractivity contribution in [3.63, 3.8) is 0 Å². The van der Waals surface area contributed by atoms with Crippen molar-refractivity contribution in [2.75, 3.05) is 19.7 Å². The third-order valence-electron chi connectivity index (χ3n) is 4.11. The van der Waals surface area contributed by atoms with E-state index in [4.69, 9.17) is 9.47 Å². The van der Waals surface area contributed by atoms with E-state index in [1.54, 1.807) is 0 Å². The molecule has 0 atom stereocenters. The van der Waals surface area contributed by atoms with E-state index in [0.717, 1.165) is 43.7 Å². The lowest BCUT2D eigenvalue weighted by Gasteiger charge is -2.26. The summed E-state index contributed by atoms with van der Waals surface area (Å²) in [6.45, 7) is 5.95. The van der Waals surface area contributed by atoms with Crippen LogP contribution in [0.15, 0.2) is 18.2 Å². The molecular weight excluding hydrogens is 266 g/mol. The molecule has 1 aromatic rings. The van der Waals surface area contributed by atoms with Crippen LogP contribution in [0.25, 0.3) is 0 Å². The highest BCUT2D eigenvalue weighted by Gasteiger charge is 2.32. The topological polar surface area (TPSA) is 38.8 Å². The number of amides is 1. The second kappa shape index (κ2) is 5.58. The highest BCUT2D eigenvalue weighted by atomic mass is 16.5. The normalized spacial score (nSPS) is 19.8. The molecule has 1 fully saturated rings. The van der Waals surface area contributed by atoms with Crippen molar-refractivity contribution in [1.29, 1.82) is 0 Å². The summed E-state index contributed by atoms with van der Waals surface area (Å²) in [5.74, 6) is 1.56. The number of carbonyl (C=O) groups excluding carboxylic acids is 1. The van der Waals surface area contributed by atoms with Crippen molar-refractivity contribution in [3.05, 3.63) is 23.8 Å². The first-order valence-corrected chi connectivity index (χ1v) is 7.77. The van der Waals surface area contributed by atoms with Crippen LogP contribution >= 0.6 is 0 Å².